The number of non-ortho nitro benzene ring substituents is 1. The lowest BCUT2D eigenvalue weighted by atomic mass is 10.2. The molecule has 0 spiro atoms. The Morgan fingerprint density at radius 1 is 1.00 bits per heavy atom. The van der Waals surface area contributed by atoms with Crippen LogP contribution in [0.2, 0.25) is 0 Å². The van der Waals surface area contributed by atoms with Gasteiger partial charge in [0, 0.05) is 50.4 Å². The average molecular weight is 481 g/mol. The molecule has 0 aliphatic carbocycles. The van der Waals surface area contributed by atoms with E-state index in [0.717, 1.165) is 11.3 Å². The van der Waals surface area contributed by atoms with Gasteiger partial charge in [0.25, 0.3) is 5.69 Å². The van der Waals surface area contributed by atoms with Gasteiger partial charge in [0.1, 0.15) is 5.75 Å². The van der Waals surface area contributed by atoms with Gasteiger partial charge in [0.05, 0.1) is 16.9 Å². The molecule has 0 unspecified atom stereocenters. The fraction of sp³-hybridized carbons (Fsp3) is 0.300. The highest BCUT2D eigenvalue weighted by atomic mass is 32.2. The molecule has 0 atom stereocenters. The highest BCUT2D eigenvalue weighted by Gasteiger charge is 2.29. The summed E-state index contributed by atoms with van der Waals surface area (Å²) in [6, 6.07) is 12.8. The molecule has 1 fully saturated rings. The molecule has 0 bridgehead atoms. The highest BCUT2D eigenvalue weighted by molar-refractivity contribution is 7.89. The normalized spacial score (nSPS) is 14.6. The number of carboxylic acids is 2. The number of rotatable bonds is 6. The zero-order valence-corrected chi connectivity index (χ0v) is 18.5. The molecule has 12 nitrogen and oxygen atoms in total. The van der Waals surface area contributed by atoms with Crippen molar-refractivity contribution in [1.29, 1.82) is 0 Å². The van der Waals surface area contributed by atoms with E-state index in [2.05, 4.69) is 4.90 Å². The molecule has 0 saturated carbocycles. The molecule has 3 rings (SSSR count). The van der Waals surface area contributed by atoms with Crippen molar-refractivity contribution in [1.82, 2.24) is 9.21 Å². The molecule has 2 aromatic rings. The fourth-order valence-corrected chi connectivity index (χ4v) is 4.51. The van der Waals surface area contributed by atoms with Gasteiger partial charge in [-0.05, 0) is 18.2 Å². The lowest BCUT2D eigenvalue weighted by Gasteiger charge is -2.34. The summed E-state index contributed by atoms with van der Waals surface area (Å²) < 4.78 is 32.3. The summed E-state index contributed by atoms with van der Waals surface area (Å²) in [4.78, 5) is 30.6. The van der Waals surface area contributed by atoms with Crippen molar-refractivity contribution < 1.29 is 37.9 Å². The fourth-order valence-electron chi connectivity index (χ4n) is 3.09. The molecule has 1 heterocycles. The summed E-state index contributed by atoms with van der Waals surface area (Å²) in [5.41, 5.74) is 0.933. The quantitative estimate of drug-likeness (QED) is 0.348. The van der Waals surface area contributed by atoms with Crippen LogP contribution in [0.25, 0.3) is 0 Å². The van der Waals surface area contributed by atoms with Crippen molar-refractivity contribution in [2.45, 2.75) is 11.4 Å². The summed E-state index contributed by atoms with van der Waals surface area (Å²) in [5, 5.41) is 25.5. The van der Waals surface area contributed by atoms with Crippen molar-refractivity contribution >= 4 is 27.6 Å². The smallest absolute Gasteiger partial charge is 0.414 e. The number of hydrogen-bond donors (Lipinski definition) is 2. The Hall–Kier alpha value is -3.55. The van der Waals surface area contributed by atoms with E-state index in [1.165, 1.54) is 28.6 Å². The maximum atomic E-state index is 12.8. The van der Waals surface area contributed by atoms with Gasteiger partial charge in [-0.3, -0.25) is 15.0 Å². The largest absolute Gasteiger partial charge is 0.496 e. The third-order valence-corrected chi connectivity index (χ3v) is 6.70. The van der Waals surface area contributed by atoms with Crippen LogP contribution in [0.3, 0.4) is 0 Å². The van der Waals surface area contributed by atoms with Crippen LogP contribution in [0.15, 0.2) is 53.4 Å². The Kier molecular flexibility index (Phi) is 8.85. The number of ether oxygens (including phenoxy) is 1. The monoisotopic (exact) mass is 481 g/mol. The van der Waals surface area contributed by atoms with Gasteiger partial charge >= 0.3 is 11.9 Å². The van der Waals surface area contributed by atoms with Gasteiger partial charge < -0.3 is 14.9 Å². The first-order valence-electron chi connectivity index (χ1n) is 9.61. The molecule has 2 N–H and O–H groups in total. The molecular formula is C20H23N3O9S. The third kappa shape index (κ3) is 6.97. The second kappa shape index (κ2) is 11.4. The summed E-state index contributed by atoms with van der Waals surface area (Å²) in [7, 11) is -2.02. The average Bonchev–Trinajstić information content (AvgIpc) is 2.80. The standard InChI is InChI=1S/C18H21N3O5S.C2H2O4/c1-26-18-5-3-2-4-15(18)14-19-10-12-20(13-11-19)27(24,25)17-8-6-16(7-9-17)21(22)23;3-1(4)2(5)6/h2-9H,10-14H2,1H3;(H,3,4)(H,5,6). The van der Waals surface area contributed by atoms with Crippen LogP contribution in [0.5, 0.6) is 5.75 Å². The van der Waals surface area contributed by atoms with Gasteiger partial charge in [-0.25, -0.2) is 18.0 Å². The highest BCUT2D eigenvalue weighted by Crippen LogP contribution is 2.23. The van der Waals surface area contributed by atoms with Crippen molar-refractivity contribution in [3.05, 3.63) is 64.2 Å². The van der Waals surface area contributed by atoms with Crippen molar-refractivity contribution in [2.75, 3.05) is 33.3 Å². The molecule has 1 saturated heterocycles. The van der Waals surface area contributed by atoms with Gasteiger partial charge in [-0.1, -0.05) is 18.2 Å². The number of carbonyl (C=O) groups is 2. The molecule has 13 heteroatoms. The first kappa shape index (κ1) is 25.7. The molecule has 0 aromatic heterocycles. The van der Waals surface area contributed by atoms with Gasteiger partial charge in [-0.15, -0.1) is 0 Å². The second-order valence-corrected chi connectivity index (χ2v) is 8.79. The van der Waals surface area contributed by atoms with Crippen LogP contribution in [-0.2, 0) is 26.2 Å². The number of benzene rings is 2. The van der Waals surface area contributed by atoms with Crippen molar-refractivity contribution in [3.8, 4) is 5.75 Å². The molecule has 2 aromatic carbocycles. The van der Waals surface area contributed by atoms with E-state index >= 15 is 0 Å². The minimum absolute atomic E-state index is 0.0753. The summed E-state index contributed by atoms with van der Waals surface area (Å²) >= 11 is 0. The van der Waals surface area contributed by atoms with Gasteiger partial charge in [-0.2, -0.15) is 4.31 Å². The predicted molar refractivity (Wildman–Crippen MR) is 115 cm³/mol. The molecule has 0 radical (unpaired) electrons. The number of aliphatic carboxylic acids is 2. The minimum Gasteiger partial charge on any atom is -0.496 e. The minimum atomic E-state index is -3.65. The number of nitro groups is 1. The molecule has 1 aliphatic heterocycles. The summed E-state index contributed by atoms with van der Waals surface area (Å²) in [5.74, 6) is -2.83. The maximum Gasteiger partial charge on any atom is 0.414 e. The van der Waals surface area contributed by atoms with E-state index in [1.807, 2.05) is 24.3 Å². The number of sulfonamides is 1. The number of methoxy groups -OCH3 is 1. The molecule has 178 valence electrons. The van der Waals surface area contributed by atoms with Crippen LogP contribution in [0, 0.1) is 10.1 Å². The van der Waals surface area contributed by atoms with Crippen molar-refractivity contribution in [2.24, 2.45) is 0 Å². The Morgan fingerprint density at radius 2 is 1.55 bits per heavy atom. The van der Waals surface area contributed by atoms with Crippen LogP contribution < -0.4 is 4.74 Å². The molecule has 33 heavy (non-hydrogen) atoms. The Bertz CT molecular complexity index is 1080. The topological polar surface area (TPSA) is 168 Å². The van der Waals surface area contributed by atoms with E-state index in [1.54, 1.807) is 7.11 Å². The van der Waals surface area contributed by atoms with E-state index in [4.69, 9.17) is 24.5 Å². The summed E-state index contributed by atoms with van der Waals surface area (Å²) in [6.45, 7) is 2.63. The number of carboxylic acid groups (broad SMARTS) is 2. The van der Waals surface area contributed by atoms with Gasteiger partial charge in [0.2, 0.25) is 10.0 Å². The number of piperazine rings is 1. The maximum absolute atomic E-state index is 12.8. The molecule has 1 aliphatic rings. The van der Waals surface area contributed by atoms with Crippen molar-refractivity contribution in [3.63, 3.8) is 0 Å². The second-order valence-electron chi connectivity index (χ2n) is 6.85. The first-order valence-corrected chi connectivity index (χ1v) is 11.1. The number of hydrogen-bond acceptors (Lipinski definition) is 8. The number of para-hydroxylation sites is 1. The predicted octanol–water partition coefficient (Wildman–Crippen LogP) is 1.27. The van der Waals surface area contributed by atoms with Crippen LogP contribution >= 0.6 is 0 Å². The van der Waals surface area contributed by atoms with E-state index in [9.17, 15) is 18.5 Å². The van der Waals surface area contributed by atoms with Crippen LogP contribution in [0.1, 0.15) is 5.56 Å². The molecular weight excluding hydrogens is 458 g/mol. The molecule has 0 amide bonds. The lowest BCUT2D eigenvalue weighted by Crippen LogP contribution is -2.48. The number of nitro benzene ring substituents is 1. The zero-order valence-electron chi connectivity index (χ0n) is 17.7. The van der Waals surface area contributed by atoms with Crippen LogP contribution in [-0.4, -0.2) is 78.0 Å². The zero-order chi connectivity index (χ0) is 24.6. The van der Waals surface area contributed by atoms with Crippen LogP contribution in [0.4, 0.5) is 5.69 Å². The number of nitrogens with zero attached hydrogens (tertiary/aromatic N) is 3. The van der Waals surface area contributed by atoms with E-state index in [-0.39, 0.29) is 10.6 Å². The Morgan fingerprint density at radius 3 is 2.03 bits per heavy atom. The first-order chi connectivity index (χ1) is 15.6. The van der Waals surface area contributed by atoms with E-state index in [0.29, 0.717) is 32.7 Å². The Balaban J connectivity index is 0.000000569. The summed E-state index contributed by atoms with van der Waals surface area (Å²) in [6.07, 6.45) is 0. The van der Waals surface area contributed by atoms with Gasteiger partial charge in [0.15, 0.2) is 0 Å². The lowest BCUT2D eigenvalue weighted by molar-refractivity contribution is -0.384. The van der Waals surface area contributed by atoms with E-state index < -0.39 is 26.9 Å². The SMILES string of the molecule is COc1ccccc1CN1CCN(S(=O)(=O)c2ccc([N+](=O)[O-])cc2)CC1.O=C(O)C(=O)O. The third-order valence-electron chi connectivity index (χ3n) is 4.79. The Labute approximate surface area is 189 Å².